The van der Waals surface area contributed by atoms with E-state index in [1.165, 1.54) is 6.41 Å². The van der Waals surface area contributed by atoms with Crippen molar-refractivity contribution in [3.05, 3.63) is 0 Å². The molecule has 0 saturated carbocycles. The van der Waals surface area contributed by atoms with Crippen molar-refractivity contribution < 1.29 is 14.4 Å². The number of hydrogen-bond donors (Lipinski definition) is 1. The third-order valence-electron chi connectivity index (χ3n) is 0.847. The van der Waals surface area contributed by atoms with Crippen LogP contribution in [-0.4, -0.2) is 30.2 Å². The third-order valence-corrected chi connectivity index (χ3v) is 0.847. The Morgan fingerprint density at radius 3 is 2.60 bits per heavy atom. The first-order valence-corrected chi connectivity index (χ1v) is 2.60. The highest BCUT2D eigenvalue weighted by Crippen LogP contribution is 1.83. The lowest BCUT2D eigenvalue weighted by molar-refractivity contribution is -0.107. The van der Waals surface area contributed by atoms with Crippen LogP contribution in [0.4, 0.5) is 4.79 Å². The maximum atomic E-state index is 10.2. The second kappa shape index (κ2) is 4.49. The number of urea groups is 1. The second-order valence-corrected chi connectivity index (χ2v) is 1.54. The van der Waals surface area contributed by atoms with Crippen molar-refractivity contribution in [3.8, 4) is 0 Å². The van der Waals surface area contributed by atoms with Gasteiger partial charge in [-0.2, -0.15) is 0 Å². The topological polar surface area (TPSA) is 80.5 Å². The molecule has 0 spiro atoms. The van der Waals surface area contributed by atoms with Crippen molar-refractivity contribution in [1.82, 2.24) is 4.90 Å². The maximum absolute atomic E-state index is 10.2. The molecule has 1 radical (unpaired) electrons. The molecule has 5 nitrogen and oxygen atoms in total. The Labute approximate surface area is 57.8 Å². The van der Waals surface area contributed by atoms with Crippen LogP contribution in [0, 0.1) is 0 Å². The number of nitrogens with zero attached hydrogens (tertiary/aromatic N) is 1. The van der Waals surface area contributed by atoms with Gasteiger partial charge in [-0.1, -0.05) is 0 Å². The van der Waals surface area contributed by atoms with E-state index in [1.807, 2.05) is 0 Å². The Kier molecular flexibility index (Phi) is 3.86. The Bertz CT molecular complexity index is 146. The van der Waals surface area contributed by atoms with Crippen molar-refractivity contribution in [3.63, 3.8) is 0 Å². The van der Waals surface area contributed by atoms with Crippen molar-refractivity contribution in [2.75, 3.05) is 6.54 Å². The van der Waals surface area contributed by atoms with E-state index in [2.05, 4.69) is 0 Å². The van der Waals surface area contributed by atoms with Gasteiger partial charge in [0.15, 0.2) is 0 Å². The highest BCUT2D eigenvalue weighted by Gasteiger charge is 2.06. The van der Waals surface area contributed by atoms with Gasteiger partial charge in [-0.3, -0.25) is 9.69 Å². The lowest BCUT2D eigenvalue weighted by atomic mass is 10.4. The van der Waals surface area contributed by atoms with Gasteiger partial charge in [0.25, 0.3) is 0 Å². The minimum atomic E-state index is -0.892. The molecule has 0 saturated heterocycles. The molecular weight excluding hydrogens is 136 g/mol. The number of hydrogen-bond acceptors (Lipinski definition) is 3. The molecule has 0 aliphatic heterocycles. The van der Waals surface area contributed by atoms with Gasteiger partial charge in [0, 0.05) is 13.0 Å². The van der Waals surface area contributed by atoms with Crippen LogP contribution in [0.15, 0.2) is 0 Å². The molecule has 0 rings (SSSR count). The molecular formula is C5H7N2O3. The van der Waals surface area contributed by atoms with Crippen LogP contribution in [-0.2, 0) is 9.59 Å². The van der Waals surface area contributed by atoms with Crippen molar-refractivity contribution in [2.24, 2.45) is 5.73 Å². The van der Waals surface area contributed by atoms with Crippen molar-refractivity contribution >= 4 is 18.7 Å². The Morgan fingerprint density at radius 2 is 2.30 bits per heavy atom. The fourth-order valence-corrected chi connectivity index (χ4v) is 0.383. The van der Waals surface area contributed by atoms with Crippen LogP contribution in [0.25, 0.3) is 0 Å². The normalized spacial score (nSPS) is 8.40. The van der Waals surface area contributed by atoms with E-state index in [0.717, 1.165) is 0 Å². The zero-order valence-electron chi connectivity index (χ0n) is 5.24. The molecule has 0 aliphatic carbocycles. The van der Waals surface area contributed by atoms with E-state index in [4.69, 9.17) is 5.73 Å². The smallest absolute Gasteiger partial charge is 0.321 e. The fourth-order valence-electron chi connectivity index (χ4n) is 0.383. The number of nitrogens with two attached hydrogens (primary N) is 1. The number of aldehydes is 1. The molecule has 0 fully saturated rings. The standard InChI is InChI=1S/C5H7N2O3/c6-5(10)7(4-9)2-1-3-8/h3H,1-2H2,(H2,6,10). The number of amides is 3. The van der Waals surface area contributed by atoms with Crippen LogP contribution in [0.5, 0.6) is 0 Å². The Morgan fingerprint density at radius 1 is 1.70 bits per heavy atom. The summed E-state index contributed by atoms with van der Waals surface area (Å²) in [7, 11) is 0. The molecule has 0 bridgehead atoms. The molecule has 3 amide bonds. The minimum absolute atomic E-state index is 0.00231. The van der Waals surface area contributed by atoms with Gasteiger partial charge in [0.05, 0.1) is 0 Å². The summed E-state index contributed by atoms with van der Waals surface area (Å²) < 4.78 is 0. The van der Waals surface area contributed by atoms with Gasteiger partial charge in [-0.25, -0.2) is 4.79 Å². The zero-order chi connectivity index (χ0) is 7.98. The first-order chi connectivity index (χ1) is 4.72. The molecule has 0 unspecified atom stereocenters. The summed E-state index contributed by atoms with van der Waals surface area (Å²) in [6.45, 7) is 0.00231. The zero-order valence-corrected chi connectivity index (χ0v) is 5.24. The number of rotatable bonds is 4. The molecule has 0 atom stereocenters. The van der Waals surface area contributed by atoms with E-state index in [0.29, 0.717) is 11.2 Å². The predicted octanol–water partition coefficient (Wildman–Crippen LogP) is -0.977. The van der Waals surface area contributed by atoms with Crippen LogP contribution >= 0.6 is 0 Å². The van der Waals surface area contributed by atoms with Gasteiger partial charge in [-0.05, 0) is 0 Å². The lowest BCUT2D eigenvalue weighted by Crippen LogP contribution is -2.35. The van der Waals surface area contributed by atoms with E-state index < -0.39 is 6.03 Å². The quantitative estimate of drug-likeness (QED) is 0.406. The highest BCUT2D eigenvalue weighted by molar-refractivity contribution is 5.83. The van der Waals surface area contributed by atoms with Crippen molar-refractivity contribution in [1.29, 1.82) is 0 Å². The summed E-state index contributed by atoms with van der Waals surface area (Å²) in [5, 5.41) is 0. The third kappa shape index (κ3) is 2.81. The van der Waals surface area contributed by atoms with E-state index in [1.54, 1.807) is 0 Å². The summed E-state index contributed by atoms with van der Waals surface area (Å²) in [6.07, 6.45) is 1.97. The summed E-state index contributed by atoms with van der Waals surface area (Å²) in [4.78, 5) is 30.4. The largest absolute Gasteiger partial charge is 0.351 e. The first-order valence-electron chi connectivity index (χ1n) is 2.60. The van der Waals surface area contributed by atoms with Gasteiger partial charge >= 0.3 is 12.4 Å². The Hall–Kier alpha value is -1.39. The summed E-state index contributed by atoms with van der Waals surface area (Å²) in [5.74, 6) is 0. The number of primary amides is 1. The molecule has 5 heteroatoms. The molecule has 0 aromatic carbocycles. The molecule has 0 aromatic heterocycles. The van der Waals surface area contributed by atoms with E-state index in [9.17, 15) is 14.4 Å². The number of carbonyl (C=O) groups is 2. The monoisotopic (exact) mass is 143 g/mol. The van der Waals surface area contributed by atoms with Crippen LogP contribution in [0.1, 0.15) is 6.42 Å². The number of carbonyl (C=O) groups excluding carboxylic acids is 3. The molecule has 55 valence electrons. The SMILES string of the molecule is NC(=O)N([C]=O)CCC=O. The van der Waals surface area contributed by atoms with Gasteiger partial charge in [0.2, 0.25) is 0 Å². The Balaban J connectivity index is 3.71. The molecule has 2 N–H and O–H groups in total. The molecule has 0 aromatic rings. The van der Waals surface area contributed by atoms with Crippen LogP contribution in [0.2, 0.25) is 0 Å². The lowest BCUT2D eigenvalue weighted by Gasteiger charge is -2.07. The molecule has 0 aliphatic rings. The first kappa shape index (κ1) is 8.61. The maximum Gasteiger partial charge on any atom is 0.321 e. The average Bonchev–Trinajstić information content (AvgIpc) is 1.89. The summed E-state index contributed by atoms with van der Waals surface area (Å²) in [6, 6.07) is -0.892. The van der Waals surface area contributed by atoms with Crippen molar-refractivity contribution in [2.45, 2.75) is 6.42 Å². The summed E-state index contributed by atoms with van der Waals surface area (Å²) in [5.41, 5.74) is 4.70. The van der Waals surface area contributed by atoms with Gasteiger partial charge < -0.3 is 10.5 Å². The molecule has 0 heterocycles. The fraction of sp³-hybridized carbons (Fsp3) is 0.400. The molecule has 10 heavy (non-hydrogen) atoms. The van der Waals surface area contributed by atoms with Gasteiger partial charge in [-0.15, -0.1) is 0 Å². The summed E-state index contributed by atoms with van der Waals surface area (Å²) >= 11 is 0. The minimum Gasteiger partial charge on any atom is -0.351 e. The predicted molar refractivity (Wildman–Crippen MR) is 32.7 cm³/mol. The van der Waals surface area contributed by atoms with E-state index in [-0.39, 0.29) is 13.0 Å². The second-order valence-electron chi connectivity index (χ2n) is 1.54. The average molecular weight is 143 g/mol. The highest BCUT2D eigenvalue weighted by atomic mass is 16.2. The van der Waals surface area contributed by atoms with Crippen LogP contribution < -0.4 is 5.73 Å². The van der Waals surface area contributed by atoms with Gasteiger partial charge in [0.1, 0.15) is 6.29 Å². The van der Waals surface area contributed by atoms with E-state index >= 15 is 0 Å². The number of imide groups is 1. The van der Waals surface area contributed by atoms with Crippen LogP contribution in [0.3, 0.4) is 0 Å².